The van der Waals surface area contributed by atoms with E-state index < -0.39 is 27.8 Å². The number of ether oxygens (including phenoxy) is 1. The van der Waals surface area contributed by atoms with Crippen molar-refractivity contribution in [2.45, 2.75) is 10.9 Å². The Kier molecular flexibility index (Phi) is 4.43. The van der Waals surface area contributed by atoms with Gasteiger partial charge in [-0.1, -0.05) is 0 Å². The van der Waals surface area contributed by atoms with Gasteiger partial charge in [0.05, 0.1) is 18.1 Å². The SMILES string of the molecule is NC(=O)C1COCCN1S(=O)(=O)c1ccc(F)cc1Br. The maximum Gasteiger partial charge on any atom is 0.245 e. The molecular formula is C11H12BrFN2O4S. The lowest BCUT2D eigenvalue weighted by molar-refractivity contribution is -0.125. The number of hydrogen-bond acceptors (Lipinski definition) is 4. The summed E-state index contributed by atoms with van der Waals surface area (Å²) in [4.78, 5) is 11.2. The van der Waals surface area contributed by atoms with Crippen molar-refractivity contribution in [1.29, 1.82) is 0 Å². The highest BCUT2D eigenvalue weighted by Gasteiger charge is 2.38. The van der Waals surface area contributed by atoms with Crippen molar-refractivity contribution < 1.29 is 22.3 Å². The van der Waals surface area contributed by atoms with Crippen molar-refractivity contribution in [2.75, 3.05) is 19.8 Å². The fourth-order valence-electron chi connectivity index (χ4n) is 1.91. The molecule has 1 saturated heterocycles. The summed E-state index contributed by atoms with van der Waals surface area (Å²) in [6.45, 7) is 0.0922. The lowest BCUT2D eigenvalue weighted by atomic mass is 10.3. The van der Waals surface area contributed by atoms with Crippen molar-refractivity contribution >= 4 is 31.9 Å². The lowest BCUT2D eigenvalue weighted by Gasteiger charge is -2.32. The topological polar surface area (TPSA) is 89.7 Å². The lowest BCUT2D eigenvalue weighted by Crippen LogP contribution is -2.54. The van der Waals surface area contributed by atoms with Gasteiger partial charge in [-0.3, -0.25) is 4.79 Å². The molecule has 1 unspecified atom stereocenters. The van der Waals surface area contributed by atoms with Gasteiger partial charge in [0.1, 0.15) is 11.9 Å². The fourth-order valence-corrected chi connectivity index (χ4v) is 4.49. The van der Waals surface area contributed by atoms with Gasteiger partial charge < -0.3 is 10.5 Å². The van der Waals surface area contributed by atoms with Gasteiger partial charge >= 0.3 is 0 Å². The normalized spacial score (nSPS) is 20.8. The number of sulfonamides is 1. The maximum atomic E-state index is 13.1. The largest absolute Gasteiger partial charge is 0.378 e. The van der Waals surface area contributed by atoms with E-state index in [1.165, 1.54) is 0 Å². The number of halogens is 2. The number of nitrogens with zero attached hydrogens (tertiary/aromatic N) is 1. The van der Waals surface area contributed by atoms with Crippen molar-refractivity contribution in [2.24, 2.45) is 5.73 Å². The third kappa shape index (κ3) is 2.85. The second-order valence-corrected chi connectivity index (χ2v) is 6.90. The fraction of sp³-hybridized carbons (Fsp3) is 0.364. The third-order valence-corrected chi connectivity index (χ3v) is 5.77. The zero-order chi connectivity index (χ0) is 14.9. The van der Waals surface area contributed by atoms with Crippen LogP contribution in [0.4, 0.5) is 4.39 Å². The van der Waals surface area contributed by atoms with Gasteiger partial charge in [-0.2, -0.15) is 4.31 Å². The Hall–Kier alpha value is -1.03. The molecule has 20 heavy (non-hydrogen) atoms. The smallest absolute Gasteiger partial charge is 0.245 e. The third-order valence-electron chi connectivity index (χ3n) is 2.89. The van der Waals surface area contributed by atoms with Crippen LogP contribution in [0.2, 0.25) is 0 Å². The van der Waals surface area contributed by atoms with Crippen LogP contribution in [-0.4, -0.2) is 44.4 Å². The van der Waals surface area contributed by atoms with E-state index in [1.807, 2.05) is 0 Å². The van der Waals surface area contributed by atoms with Crippen LogP contribution >= 0.6 is 15.9 Å². The van der Waals surface area contributed by atoms with E-state index in [9.17, 15) is 17.6 Å². The number of nitrogens with two attached hydrogens (primary N) is 1. The van der Waals surface area contributed by atoms with Crippen LogP contribution in [0.1, 0.15) is 0 Å². The van der Waals surface area contributed by atoms with Crippen molar-refractivity contribution in [3.05, 3.63) is 28.5 Å². The van der Waals surface area contributed by atoms with E-state index >= 15 is 0 Å². The molecule has 0 saturated carbocycles. The molecule has 1 aliphatic heterocycles. The number of rotatable bonds is 3. The van der Waals surface area contributed by atoms with Gasteiger partial charge in [0.15, 0.2) is 0 Å². The average Bonchev–Trinajstić information content (AvgIpc) is 2.38. The summed E-state index contributed by atoms with van der Waals surface area (Å²) in [5.74, 6) is -1.35. The summed E-state index contributed by atoms with van der Waals surface area (Å²) in [6.07, 6.45) is 0. The van der Waals surface area contributed by atoms with Gasteiger partial charge in [0.2, 0.25) is 15.9 Å². The molecule has 1 aromatic carbocycles. The Labute approximate surface area is 123 Å². The van der Waals surface area contributed by atoms with Crippen LogP contribution in [0.3, 0.4) is 0 Å². The molecule has 2 rings (SSSR count). The maximum absolute atomic E-state index is 13.1. The quantitative estimate of drug-likeness (QED) is 0.841. The molecule has 1 amide bonds. The molecule has 0 bridgehead atoms. The average molecular weight is 367 g/mol. The minimum Gasteiger partial charge on any atom is -0.378 e. The van der Waals surface area contributed by atoms with E-state index in [1.54, 1.807) is 0 Å². The molecular weight excluding hydrogens is 355 g/mol. The Morgan fingerprint density at radius 3 is 2.80 bits per heavy atom. The van der Waals surface area contributed by atoms with E-state index in [2.05, 4.69) is 15.9 Å². The first-order valence-electron chi connectivity index (χ1n) is 5.68. The molecule has 1 fully saturated rings. The standard InChI is InChI=1S/C11H12BrFN2O4S/c12-8-5-7(13)1-2-10(8)20(17,18)15-3-4-19-6-9(15)11(14)16/h1-2,5,9H,3-4,6H2,(H2,14,16). The number of amides is 1. The number of hydrogen-bond donors (Lipinski definition) is 1. The van der Waals surface area contributed by atoms with E-state index in [4.69, 9.17) is 10.5 Å². The molecule has 6 nitrogen and oxygen atoms in total. The molecule has 1 atom stereocenters. The molecule has 110 valence electrons. The molecule has 1 aliphatic rings. The molecule has 0 aromatic heterocycles. The first-order chi connectivity index (χ1) is 9.34. The van der Waals surface area contributed by atoms with Crippen LogP contribution in [0.25, 0.3) is 0 Å². The predicted molar refractivity (Wildman–Crippen MR) is 71.8 cm³/mol. The first-order valence-corrected chi connectivity index (χ1v) is 7.91. The summed E-state index contributed by atoms with van der Waals surface area (Å²) in [5.41, 5.74) is 5.20. The van der Waals surface area contributed by atoms with Crippen LogP contribution < -0.4 is 5.73 Å². The van der Waals surface area contributed by atoms with Gasteiger partial charge in [-0.15, -0.1) is 0 Å². The highest BCUT2D eigenvalue weighted by molar-refractivity contribution is 9.10. The molecule has 0 spiro atoms. The van der Waals surface area contributed by atoms with Crippen molar-refractivity contribution in [3.63, 3.8) is 0 Å². The molecule has 1 aromatic rings. The predicted octanol–water partition coefficient (Wildman–Crippen LogP) is 0.463. The molecule has 9 heteroatoms. The summed E-state index contributed by atoms with van der Waals surface area (Å²) >= 11 is 3.01. The van der Waals surface area contributed by atoms with Crippen LogP contribution in [0.5, 0.6) is 0 Å². The molecule has 1 heterocycles. The number of benzene rings is 1. The van der Waals surface area contributed by atoms with Gasteiger partial charge in [-0.05, 0) is 34.1 Å². The zero-order valence-electron chi connectivity index (χ0n) is 10.3. The second kappa shape index (κ2) is 5.76. The zero-order valence-corrected chi connectivity index (χ0v) is 12.7. The minimum atomic E-state index is -3.96. The van der Waals surface area contributed by atoms with Crippen LogP contribution in [0.15, 0.2) is 27.6 Å². The Balaban J connectivity index is 2.45. The van der Waals surface area contributed by atoms with Crippen LogP contribution in [0, 0.1) is 5.82 Å². The summed E-state index contributed by atoms with van der Waals surface area (Å²) in [5, 5.41) is 0. The second-order valence-electron chi connectivity index (χ2n) is 4.18. The number of carbonyl (C=O) groups is 1. The van der Waals surface area contributed by atoms with Crippen molar-refractivity contribution in [3.8, 4) is 0 Å². The number of carbonyl (C=O) groups excluding carboxylic acids is 1. The molecule has 2 N–H and O–H groups in total. The molecule has 0 aliphatic carbocycles. The first kappa shape index (κ1) is 15.4. The summed E-state index contributed by atoms with van der Waals surface area (Å²) < 4.78 is 44.3. The van der Waals surface area contributed by atoms with Crippen molar-refractivity contribution in [1.82, 2.24) is 4.31 Å². The van der Waals surface area contributed by atoms with E-state index in [0.29, 0.717) is 0 Å². The van der Waals surface area contributed by atoms with Gasteiger partial charge in [0, 0.05) is 11.0 Å². The van der Waals surface area contributed by atoms with Crippen LogP contribution in [-0.2, 0) is 19.6 Å². The van der Waals surface area contributed by atoms with E-state index in [-0.39, 0.29) is 29.1 Å². The summed E-state index contributed by atoms with van der Waals surface area (Å²) in [7, 11) is -3.96. The Morgan fingerprint density at radius 1 is 1.50 bits per heavy atom. The minimum absolute atomic E-state index is 0.0136. The number of primary amides is 1. The van der Waals surface area contributed by atoms with Gasteiger partial charge in [-0.25, -0.2) is 12.8 Å². The molecule has 0 radical (unpaired) electrons. The Morgan fingerprint density at radius 2 is 2.20 bits per heavy atom. The highest BCUT2D eigenvalue weighted by Crippen LogP contribution is 2.27. The monoisotopic (exact) mass is 366 g/mol. The highest BCUT2D eigenvalue weighted by atomic mass is 79.9. The Bertz CT molecular complexity index is 637. The summed E-state index contributed by atoms with van der Waals surface area (Å²) in [6, 6.07) is 2.16. The number of morpholine rings is 1. The van der Waals surface area contributed by atoms with Gasteiger partial charge in [0.25, 0.3) is 0 Å². The van der Waals surface area contributed by atoms with E-state index in [0.717, 1.165) is 22.5 Å².